The zero-order valence-electron chi connectivity index (χ0n) is 26.4. The molecule has 1 aliphatic rings. The van der Waals surface area contributed by atoms with Crippen LogP contribution in [-0.4, -0.2) is 43.0 Å². The molecule has 1 unspecified atom stereocenters. The molecule has 0 bridgehead atoms. The summed E-state index contributed by atoms with van der Waals surface area (Å²) in [7, 11) is 0. The minimum atomic E-state index is -0.971. The summed E-state index contributed by atoms with van der Waals surface area (Å²) in [6, 6.07) is 18.4. The predicted octanol–water partition coefficient (Wildman–Crippen LogP) is 7.45. The predicted molar refractivity (Wildman–Crippen MR) is 181 cm³/mol. The van der Waals surface area contributed by atoms with Crippen LogP contribution in [0.4, 0.5) is 5.13 Å². The summed E-state index contributed by atoms with van der Waals surface area (Å²) in [6.07, 6.45) is 2.73. The monoisotopic (exact) mass is 653 g/mol. The minimum absolute atomic E-state index is 0.0578. The molecule has 46 heavy (non-hydrogen) atoms. The van der Waals surface area contributed by atoms with Gasteiger partial charge in [-0.15, -0.1) is 10.2 Å². The molecule has 0 saturated carbocycles. The van der Waals surface area contributed by atoms with Gasteiger partial charge in [-0.3, -0.25) is 14.5 Å². The average Bonchev–Trinajstić information content (AvgIpc) is 3.71. The Morgan fingerprint density at radius 1 is 1.04 bits per heavy atom. The topological polar surface area (TPSA) is 110 Å². The van der Waals surface area contributed by atoms with Gasteiger partial charge in [0, 0.05) is 11.9 Å². The fourth-order valence-electron chi connectivity index (χ4n) is 5.39. The Morgan fingerprint density at radius 3 is 2.57 bits per heavy atom. The molecule has 1 aliphatic heterocycles. The Bertz CT molecular complexity index is 1960. The number of carbonyl (C=O) groups is 2. The van der Waals surface area contributed by atoms with E-state index < -0.39 is 17.7 Å². The first kappa shape index (κ1) is 31.5. The molecule has 236 valence electrons. The van der Waals surface area contributed by atoms with Crippen LogP contribution in [0.1, 0.15) is 60.0 Å². The fourth-order valence-corrected chi connectivity index (χ4v) is 7.22. The summed E-state index contributed by atoms with van der Waals surface area (Å²) in [4.78, 5) is 33.7. The molecular weight excluding hydrogens is 619 g/mol. The third kappa shape index (κ3) is 6.17. The number of aryl methyl sites for hydroxylation is 3. The van der Waals surface area contributed by atoms with Gasteiger partial charge in [-0.2, -0.15) is 0 Å². The number of benzene rings is 2. The molecule has 2 aromatic carbocycles. The molecule has 1 amide bonds. The lowest BCUT2D eigenvalue weighted by Crippen LogP contribution is -2.29. The van der Waals surface area contributed by atoms with E-state index in [1.165, 1.54) is 33.6 Å². The molecular formula is C35H35N5O4S2. The van der Waals surface area contributed by atoms with Crippen LogP contribution in [0.25, 0.3) is 11.4 Å². The van der Waals surface area contributed by atoms with Crippen molar-refractivity contribution in [3.05, 3.63) is 106 Å². The highest BCUT2D eigenvalue weighted by Gasteiger charge is 2.49. The standard InChI is InChI=1S/C35H35N5O4S2/c1-20(2)15-17-44-26-10-6-9-25(18-26)29-27(30(41)28-23(5)39-16-7-8-22(4)32(39)36-28)31(42)33(43)40(29)34-37-38-35(46-34)45-19-24-13-11-21(3)12-14-24/h6-14,16,18,20,29,41H,15,17,19H2,1-5H3/b30-27+. The molecule has 4 heterocycles. The Morgan fingerprint density at radius 2 is 1.83 bits per heavy atom. The fraction of sp³-hybridized carbons (Fsp3) is 0.286. The molecule has 11 heteroatoms. The van der Waals surface area contributed by atoms with E-state index >= 15 is 0 Å². The molecule has 0 aliphatic carbocycles. The summed E-state index contributed by atoms with van der Waals surface area (Å²) >= 11 is 2.74. The Labute approximate surface area is 276 Å². The van der Waals surface area contributed by atoms with E-state index in [2.05, 4.69) is 48.3 Å². The molecule has 5 aromatic rings. The zero-order valence-corrected chi connectivity index (χ0v) is 28.0. The van der Waals surface area contributed by atoms with Crippen LogP contribution < -0.4 is 9.64 Å². The van der Waals surface area contributed by atoms with Crippen molar-refractivity contribution in [1.29, 1.82) is 0 Å². The van der Waals surface area contributed by atoms with Gasteiger partial charge in [-0.05, 0) is 68.0 Å². The lowest BCUT2D eigenvalue weighted by Gasteiger charge is -2.23. The molecule has 1 fully saturated rings. The van der Waals surface area contributed by atoms with Crippen LogP contribution in [0.3, 0.4) is 0 Å². The van der Waals surface area contributed by atoms with Gasteiger partial charge in [-0.1, -0.05) is 85.0 Å². The average molecular weight is 654 g/mol. The molecule has 1 saturated heterocycles. The van der Waals surface area contributed by atoms with Crippen molar-refractivity contribution < 1.29 is 19.4 Å². The zero-order chi connectivity index (χ0) is 32.5. The highest BCUT2D eigenvalue weighted by Crippen LogP contribution is 2.45. The summed E-state index contributed by atoms with van der Waals surface area (Å²) in [5.41, 5.74) is 5.34. The number of hydrogen-bond donors (Lipinski definition) is 1. The molecule has 3 aromatic heterocycles. The number of nitrogens with zero attached hydrogens (tertiary/aromatic N) is 5. The number of aliphatic hydroxyl groups is 1. The van der Waals surface area contributed by atoms with E-state index in [0.29, 0.717) is 45.3 Å². The first-order chi connectivity index (χ1) is 22.1. The van der Waals surface area contributed by atoms with Gasteiger partial charge in [0.25, 0.3) is 5.78 Å². The summed E-state index contributed by atoms with van der Waals surface area (Å²) in [5.74, 6) is -0.180. The van der Waals surface area contributed by atoms with Crippen LogP contribution >= 0.6 is 23.1 Å². The number of carbonyl (C=O) groups excluding carboxylic acids is 2. The summed E-state index contributed by atoms with van der Waals surface area (Å²) < 4.78 is 8.56. The molecule has 0 radical (unpaired) electrons. The van der Waals surface area contributed by atoms with Crippen molar-refractivity contribution in [2.45, 2.75) is 57.2 Å². The second-order valence-corrected chi connectivity index (χ2v) is 14.0. The van der Waals surface area contributed by atoms with Crippen molar-refractivity contribution in [3.8, 4) is 5.75 Å². The lowest BCUT2D eigenvalue weighted by molar-refractivity contribution is -0.132. The second-order valence-electron chi connectivity index (χ2n) is 11.8. The number of imidazole rings is 1. The largest absolute Gasteiger partial charge is 0.505 e. The third-order valence-electron chi connectivity index (χ3n) is 7.98. The Balaban J connectivity index is 1.42. The number of aromatic nitrogens is 4. The molecule has 1 atom stereocenters. The quantitative estimate of drug-likeness (QED) is 0.0544. The number of pyridine rings is 1. The maximum Gasteiger partial charge on any atom is 0.301 e. The Hall–Kier alpha value is -4.48. The smallest absolute Gasteiger partial charge is 0.301 e. The lowest BCUT2D eigenvalue weighted by atomic mass is 9.96. The number of ether oxygens (including phenoxy) is 1. The van der Waals surface area contributed by atoms with E-state index in [4.69, 9.17) is 9.72 Å². The minimum Gasteiger partial charge on any atom is -0.505 e. The molecule has 0 spiro atoms. The summed E-state index contributed by atoms with van der Waals surface area (Å²) in [6.45, 7) is 10.6. The van der Waals surface area contributed by atoms with Crippen LogP contribution in [0.15, 0.2) is 76.8 Å². The summed E-state index contributed by atoms with van der Waals surface area (Å²) in [5, 5.41) is 20.8. The number of thioether (sulfide) groups is 1. The number of fused-ring (bicyclic) bond motifs is 1. The second kappa shape index (κ2) is 13.1. The van der Waals surface area contributed by atoms with Gasteiger partial charge in [-0.25, -0.2) is 4.98 Å². The normalized spacial score (nSPS) is 16.2. The Kier molecular flexibility index (Phi) is 8.97. The van der Waals surface area contributed by atoms with Gasteiger partial charge in [0.2, 0.25) is 5.13 Å². The van der Waals surface area contributed by atoms with Gasteiger partial charge >= 0.3 is 5.91 Å². The van der Waals surface area contributed by atoms with E-state index in [0.717, 1.165) is 17.5 Å². The third-order valence-corrected chi connectivity index (χ3v) is 10.1. The van der Waals surface area contributed by atoms with Gasteiger partial charge in [0.05, 0.1) is 23.9 Å². The highest BCUT2D eigenvalue weighted by atomic mass is 32.2. The van der Waals surface area contributed by atoms with Crippen molar-refractivity contribution in [2.24, 2.45) is 5.92 Å². The van der Waals surface area contributed by atoms with Crippen molar-refractivity contribution >= 4 is 51.3 Å². The SMILES string of the molecule is Cc1ccc(CSc2nnc(N3C(=O)C(=O)/C(=C(/O)c4nc5c(C)cccn5c4C)C3c3cccc(OCCC(C)C)c3)s2)cc1. The molecule has 6 rings (SSSR count). The number of aliphatic hydroxyl groups excluding tert-OH is 1. The number of hydrogen-bond acceptors (Lipinski definition) is 9. The first-order valence-electron chi connectivity index (χ1n) is 15.1. The van der Waals surface area contributed by atoms with Gasteiger partial charge < -0.3 is 14.2 Å². The maximum absolute atomic E-state index is 13.8. The molecule has 1 N–H and O–H groups in total. The van der Waals surface area contributed by atoms with Gasteiger partial charge in [0.1, 0.15) is 17.1 Å². The molecule has 9 nitrogen and oxygen atoms in total. The van der Waals surface area contributed by atoms with Crippen LogP contribution in [-0.2, 0) is 15.3 Å². The van der Waals surface area contributed by atoms with Gasteiger partial charge in [0.15, 0.2) is 10.1 Å². The number of rotatable bonds is 10. The van der Waals surface area contributed by atoms with E-state index in [-0.39, 0.29) is 22.2 Å². The van der Waals surface area contributed by atoms with E-state index in [9.17, 15) is 14.7 Å². The number of Topliss-reactive ketones (excluding diaryl/α,β-unsaturated/α-hetero) is 1. The van der Waals surface area contributed by atoms with Crippen LogP contribution in [0.5, 0.6) is 5.75 Å². The van der Waals surface area contributed by atoms with Crippen molar-refractivity contribution in [1.82, 2.24) is 19.6 Å². The highest BCUT2D eigenvalue weighted by molar-refractivity contribution is 8.00. The maximum atomic E-state index is 13.8. The number of anilines is 1. The van der Waals surface area contributed by atoms with Crippen molar-refractivity contribution in [3.63, 3.8) is 0 Å². The number of amides is 1. The van der Waals surface area contributed by atoms with Crippen molar-refractivity contribution in [2.75, 3.05) is 11.5 Å². The van der Waals surface area contributed by atoms with E-state index in [1.54, 1.807) is 0 Å². The van der Waals surface area contributed by atoms with Crippen LogP contribution in [0, 0.1) is 26.7 Å². The van der Waals surface area contributed by atoms with Crippen LogP contribution in [0.2, 0.25) is 0 Å². The van der Waals surface area contributed by atoms with E-state index in [1.807, 2.05) is 67.8 Å². The number of ketones is 1. The first-order valence-corrected chi connectivity index (χ1v) is 16.9.